The van der Waals surface area contributed by atoms with E-state index in [1.54, 1.807) is 13.0 Å². The zero-order chi connectivity index (χ0) is 32.4. The van der Waals surface area contributed by atoms with Crippen molar-refractivity contribution in [2.75, 3.05) is 13.2 Å². The Kier molecular flexibility index (Phi) is 7.89. The first-order valence-corrected chi connectivity index (χ1v) is 14.5. The zero-order valence-electron chi connectivity index (χ0n) is 25.1. The number of hydrogen-bond donors (Lipinski definition) is 3. The summed E-state index contributed by atoms with van der Waals surface area (Å²) in [5.74, 6) is -6.18. The molecular formula is C30H37NO13. The monoisotopic (exact) mass is 619 g/mol. The number of hydrogen-bond acceptors (Lipinski definition) is 14. The van der Waals surface area contributed by atoms with Crippen molar-refractivity contribution in [3.63, 3.8) is 0 Å². The molecule has 1 aromatic heterocycles. The van der Waals surface area contributed by atoms with E-state index in [1.165, 1.54) is 26.1 Å². The smallest absolute Gasteiger partial charge is 0.340 e. The SMILES string of the molecule is CC(=O)OC[C@]12CC(=O)[C@@H]3[C@@H](OC(C)=O)[C@@]14O[C@@]3(C)COC(=O)c1cccnc1CC[C@@H](C)C(=O)O[C@@H]([C@H](O)[C@@H]2O)[C@@]4(C)O. The highest BCUT2D eigenvalue weighted by Crippen LogP contribution is 2.67. The zero-order valence-corrected chi connectivity index (χ0v) is 25.1. The van der Waals surface area contributed by atoms with Gasteiger partial charge in [-0.2, -0.15) is 0 Å². The normalized spacial score (nSPS) is 41.9. The summed E-state index contributed by atoms with van der Waals surface area (Å²) in [5.41, 5.74) is -8.27. The molecule has 2 aliphatic carbocycles. The summed E-state index contributed by atoms with van der Waals surface area (Å²) in [6.45, 7) is 4.97. The summed E-state index contributed by atoms with van der Waals surface area (Å²) in [7, 11) is 0. The molecule has 4 bridgehead atoms. The minimum absolute atomic E-state index is 0.120. The van der Waals surface area contributed by atoms with Gasteiger partial charge in [0.1, 0.15) is 42.4 Å². The number of aromatic nitrogens is 1. The molecule has 2 saturated carbocycles. The number of aryl methyl sites for hydroxylation is 1. The Balaban J connectivity index is 1.76. The molecule has 3 heterocycles. The van der Waals surface area contributed by atoms with Crippen molar-refractivity contribution >= 4 is 29.7 Å². The van der Waals surface area contributed by atoms with Crippen LogP contribution in [0.25, 0.3) is 0 Å². The largest absolute Gasteiger partial charge is 0.465 e. The van der Waals surface area contributed by atoms with Crippen molar-refractivity contribution in [2.24, 2.45) is 17.3 Å². The maximum atomic E-state index is 14.0. The second-order valence-corrected chi connectivity index (χ2v) is 12.7. The van der Waals surface area contributed by atoms with Crippen LogP contribution in [-0.4, -0.2) is 104 Å². The third-order valence-corrected chi connectivity index (χ3v) is 9.72. The fraction of sp³-hybridized carbons (Fsp3) is 0.667. The van der Waals surface area contributed by atoms with Gasteiger partial charge in [0.15, 0.2) is 11.7 Å². The van der Waals surface area contributed by atoms with Gasteiger partial charge in [-0.1, -0.05) is 6.92 Å². The molecule has 1 aromatic rings. The van der Waals surface area contributed by atoms with Crippen molar-refractivity contribution in [3.05, 3.63) is 29.6 Å². The average molecular weight is 620 g/mol. The van der Waals surface area contributed by atoms with Gasteiger partial charge in [0.05, 0.1) is 34.6 Å². The molecular weight excluding hydrogens is 582 g/mol. The van der Waals surface area contributed by atoms with Gasteiger partial charge in [-0.05, 0) is 38.8 Å². The summed E-state index contributed by atoms with van der Waals surface area (Å²) in [6.07, 6.45) is -6.34. The molecule has 0 unspecified atom stereocenters. The lowest BCUT2D eigenvalue weighted by molar-refractivity contribution is -0.364. The highest BCUT2D eigenvalue weighted by atomic mass is 16.6. The predicted octanol–water partition coefficient (Wildman–Crippen LogP) is -0.183. The van der Waals surface area contributed by atoms with Gasteiger partial charge in [0, 0.05) is 26.5 Å². The molecule has 10 atom stereocenters. The second kappa shape index (κ2) is 10.9. The number of Topliss-reactive ketones (excluding diaryl/α,β-unsaturated/α-hetero) is 1. The van der Waals surface area contributed by atoms with Gasteiger partial charge in [-0.15, -0.1) is 0 Å². The molecule has 4 aliphatic rings. The van der Waals surface area contributed by atoms with Crippen LogP contribution in [0.2, 0.25) is 0 Å². The fourth-order valence-corrected chi connectivity index (χ4v) is 7.68. The number of esters is 4. The van der Waals surface area contributed by atoms with Crippen LogP contribution >= 0.6 is 0 Å². The Morgan fingerprint density at radius 3 is 2.50 bits per heavy atom. The van der Waals surface area contributed by atoms with Gasteiger partial charge < -0.3 is 39.0 Å². The first kappa shape index (κ1) is 31.9. The molecule has 5 rings (SSSR count). The Labute approximate surface area is 253 Å². The number of aliphatic hydroxyl groups is 3. The first-order valence-electron chi connectivity index (χ1n) is 14.5. The molecule has 0 amide bonds. The number of cyclic esters (lactones) is 1. The average Bonchev–Trinajstić information content (AvgIpc) is 3.17. The first-order chi connectivity index (χ1) is 20.5. The molecule has 3 fully saturated rings. The van der Waals surface area contributed by atoms with Gasteiger partial charge in [0.2, 0.25) is 0 Å². The van der Waals surface area contributed by atoms with E-state index < -0.39 is 108 Å². The van der Waals surface area contributed by atoms with Gasteiger partial charge >= 0.3 is 23.9 Å². The summed E-state index contributed by atoms with van der Waals surface area (Å²) < 4.78 is 29.1. The minimum Gasteiger partial charge on any atom is -0.465 e. The lowest BCUT2D eigenvalue weighted by atomic mass is 9.46. The van der Waals surface area contributed by atoms with Crippen molar-refractivity contribution in [1.29, 1.82) is 0 Å². The minimum atomic E-state index is -2.49. The summed E-state index contributed by atoms with van der Waals surface area (Å²) in [4.78, 5) is 69.7. The molecule has 240 valence electrons. The van der Waals surface area contributed by atoms with E-state index in [9.17, 15) is 39.3 Å². The fourth-order valence-electron chi connectivity index (χ4n) is 7.68. The Bertz CT molecular complexity index is 1390. The van der Waals surface area contributed by atoms with E-state index in [0.29, 0.717) is 5.69 Å². The number of nitrogens with zero attached hydrogens (tertiary/aromatic N) is 1. The molecule has 1 saturated heterocycles. The van der Waals surface area contributed by atoms with E-state index in [1.807, 2.05) is 0 Å². The molecule has 44 heavy (non-hydrogen) atoms. The van der Waals surface area contributed by atoms with Crippen LogP contribution < -0.4 is 0 Å². The maximum absolute atomic E-state index is 14.0. The topological polar surface area (TPSA) is 205 Å². The second-order valence-electron chi connectivity index (χ2n) is 12.7. The number of pyridine rings is 1. The standard InChI is InChI=1S/C30H37NO13/c1-14-8-9-18-17(7-6-10-31-18)26(38)41-12-27(4)20-19(34)11-29(13-40-15(2)32)22(36)21(35)24(43-25(14)37)28(5,39)30(29,44-27)23(20)42-16(3)33/h6-7,10,14,20-24,35-36,39H,8-9,11-13H2,1-5H3/t14-,20-,21-,22+,23-,24+,27+,28-,29+,30+/m1/s1. The lowest BCUT2D eigenvalue weighted by Crippen LogP contribution is -2.85. The molecule has 3 N–H and O–H groups in total. The van der Waals surface area contributed by atoms with Crippen LogP contribution in [0, 0.1) is 17.3 Å². The van der Waals surface area contributed by atoms with Crippen molar-refractivity contribution < 1.29 is 63.0 Å². The molecule has 14 heteroatoms. The summed E-state index contributed by atoms with van der Waals surface area (Å²) >= 11 is 0. The number of carbonyl (C=O) groups excluding carboxylic acids is 5. The molecule has 14 nitrogen and oxygen atoms in total. The van der Waals surface area contributed by atoms with Gasteiger partial charge in [0.25, 0.3) is 0 Å². The maximum Gasteiger partial charge on any atom is 0.340 e. The predicted molar refractivity (Wildman–Crippen MR) is 144 cm³/mol. The van der Waals surface area contributed by atoms with Crippen LogP contribution in [0.15, 0.2) is 18.3 Å². The lowest BCUT2D eigenvalue weighted by Gasteiger charge is -2.64. The number of carbonyl (C=O) groups is 5. The van der Waals surface area contributed by atoms with Crippen molar-refractivity contribution in [2.45, 2.75) is 95.1 Å². The molecule has 2 aliphatic heterocycles. The number of ketones is 1. The van der Waals surface area contributed by atoms with E-state index in [4.69, 9.17) is 23.7 Å². The van der Waals surface area contributed by atoms with Crippen molar-refractivity contribution in [3.8, 4) is 0 Å². The third kappa shape index (κ3) is 4.53. The van der Waals surface area contributed by atoms with E-state index in [0.717, 1.165) is 13.8 Å². The van der Waals surface area contributed by atoms with Crippen LogP contribution in [0.3, 0.4) is 0 Å². The molecule has 0 radical (unpaired) electrons. The number of fused-ring (bicyclic) bond motifs is 5. The van der Waals surface area contributed by atoms with Gasteiger partial charge in [-0.3, -0.25) is 24.2 Å². The number of aliphatic hydroxyl groups excluding tert-OH is 2. The van der Waals surface area contributed by atoms with E-state index in [2.05, 4.69) is 4.98 Å². The third-order valence-electron chi connectivity index (χ3n) is 9.72. The summed E-state index contributed by atoms with van der Waals surface area (Å²) in [5, 5.41) is 35.7. The molecule has 0 aromatic carbocycles. The molecule has 1 spiro atoms. The van der Waals surface area contributed by atoms with Crippen LogP contribution in [0.5, 0.6) is 0 Å². The van der Waals surface area contributed by atoms with Crippen molar-refractivity contribution in [1.82, 2.24) is 4.98 Å². The quantitative estimate of drug-likeness (QED) is 0.297. The number of rotatable bonds is 3. The Morgan fingerprint density at radius 1 is 1.14 bits per heavy atom. The van der Waals surface area contributed by atoms with E-state index >= 15 is 0 Å². The van der Waals surface area contributed by atoms with Crippen LogP contribution in [-0.2, 0) is 49.3 Å². The van der Waals surface area contributed by atoms with E-state index in [-0.39, 0.29) is 18.4 Å². The summed E-state index contributed by atoms with van der Waals surface area (Å²) in [6, 6.07) is 3.04. The highest BCUT2D eigenvalue weighted by Gasteiger charge is 2.87. The van der Waals surface area contributed by atoms with Gasteiger partial charge in [-0.25, -0.2) is 4.79 Å². The van der Waals surface area contributed by atoms with Crippen LogP contribution in [0.1, 0.15) is 63.5 Å². The Hall–Kier alpha value is -3.46. The highest BCUT2D eigenvalue weighted by molar-refractivity contribution is 5.91. The van der Waals surface area contributed by atoms with Crippen LogP contribution in [0.4, 0.5) is 0 Å². The Morgan fingerprint density at radius 2 is 1.84 bits per heavy atom. The number of ether oxygens (including phenoxy) is 5.